The van der Waals surface area contributed by atoms with Crippen molar-refractivity contribution >= 4 is 21.9 Å². The average Bonchev–Trinajstić information content (AvgIpc) is 2.70. The van der Waals surface area contributed by atoms with Crippen LogP contribution in [0.2, 0.25) is 0 Å². The Hall–Kier alpha value is -1.62. The number of carboxylic acid groups (broad SMARTS) is 1. The van der Waals surface area contributed by atoms with Crippen LogP contribution < -0.4 is 0 Å². The SMILES string of the molecule is CC(C)c1ccc(-c2nc(Br)c(CC(=O)O)[nH]2)cc1. The van der Waals surface area contributed by atoms with E-state index < -0.39 is 5.97 Å². The van der Waals surface area contributed by atoms with Crippen LogP contribution in [0, 0.1) is 0 Å². The Morgan fingerprint density at radius 1 is 1.37 bits per heavy atom. The Morgan fingerprint density at radius 3 is 2.53 bits per heavy atom. The van der Waals surface area contributed by atoms with Crippen LogP contribution in [-0.2, 0) is 11.2 Å². The third-order valence-electron chi connectivity index (χ3n) is 2.91. The Kier molecular flexibility index (Phi) is 4.04. The molecule has 0 amide bonds. The maximum Gasteiger partial charge on any atom is 0.309 e. The van der Waals surface area contributed by atoms with E-state index in [0.717, 1.165) is 5.56 Å². The van der Waals surface area contributed by atoms with E-state index in [1.54, 1.807) is 0 Å². The van der Waals surface area contributed by atoms with Crippen molar-refractivity contribution in [2.45, 2.75) is 26.2 Å². The van der Waals surface area contributed by atoms with Crippen molar-refractivity contribution in [2.24, 2.45) is 0 Å². The number of rotatable bonds is 4. The van der Waals surface area contributed by atoms with Gasteiger partial charge in [0.1, 0.15) is 10.4 Å². The molecule has 4 nitrogen and oxygen atoms in total. The highest BCUT2D eigenvalue weighted by atomic mass is 79.9. The van der Waals surface area contributed by atoms with E-state index in [1.165, 1.54) is 5.56 Å². The fraction of sp³-hybridized carbons (Fsp3) is 0.286. The normalized spacial score (nSPS) is 10.9. The molecule has 2 N–H and O–H groups in total. The number of aliphatic carboxylic acids is 1. The molecule has 0 saturated heterocycles. The number of aromatic nitrogens is 2. The number of benzene rings is 1. The van der Waals surface area contributed by atoms with Crippen LogP contribution in [0.25, 0.3) is 11.4 Å². The number of halogens is 1. The third kappa shape index (κ3) is 3.23. The van der Waals surface area contributed by atoms with E-state index in [1.807, 2.05) is 12.1 Å². The zero-order chi connectivity index (χ0) is 14.0. The molecule has 19 heavy (non-hydrogen) atoms. The fourth-order valence-electron chi connectivity index (χ4n) is 1.82. The number of hydrogen-bond acceptors (Lipinski definition) is 2. The smallest absolute Gasteiger partial charge is 0.309 e. The van der Waals surface area contributed by atoms with Gasteiger partial charge in [0.05, 0.1) is 12.1 Å². The van der Waals surface area contributed by atoms with Gasteiger partial charge in [0.15, 0.2) is 0 Å². The van der Waals surface area contributed by atoms with E-state index in [-0.39, 0.29) is 6.42 Å². The number of nitrogens with zero attached hydrogens (tertiary/aromatic N) is 1. The van der Waals surface area contributed by atoms with Gasteiger partial charge in [-0.25, -0.2) is 4.98 Å². The monoisotopic (exact) mass is 322 g/mol. The van der Waals surface area contributed by atoms with Crippen molar-refractivity contribution < 1.29 is 9.90 Å². The Labute approximate surface area is 120 Å². The van der Waals surface area contributed by atoms with Crippen molar-refractivity contribution in [3.8, 4) is 11.4 Å². The molecular weight excluding hydrogens is 308 g/mol. The van der Waals surface area contributed by atoms with E-state index in [2.05, 4.69) is 51.9 Å². The first-order valence-electron chi connectivity index (χ1n) is 6.04. The molecule has 0 saturated carbocycles. The molecule has 0 aliphatic heterocycles. The molecule has 0 spiro atoms. The maximum atomic E-state index is 10.7. The number of aromatic amines is 1. The summed E-state index contributed by atoms with van der Waals surface area (Å²) in [6, 6.07) is 8.11. The zero-order valence-corrected chi connectivity index (χ0v) is 12.4. The Balaban J connectivity index is 2.29. The van der Waals surface area contributed by atoms with Gasteiger partial charge in [-0.1, -0.05) is 38.1 Å². The van der Waals surface area contributed by atoms with Gasteiger partial charge >= 0.3 is 5.97 Å². The molecule has 100 valence electrons. The highest BCUT2D eigenvalue weighted by molar-refractivity contribution is 9.10. The summed E-state index contributed by atoms with van der Waals surface area (Å²) in [6.07, 6.45) is -0.0718. The summed E-state index contributed by atoms with van der Waals surface area (Å²) in [6.45, 7) is 4.28. The summed E-state index contributed by atoms with van der Waals surface area (Å²) in [5.41, 5.74) is 2.79. The highest BCUT2D eigenvalue weighted by Crippen LogP contribution is 2.24. The lowest BCUT2D eigenvalue weighted by molar-refractivity contribution is -0.136. The summed E-state index contributed by atoms with van der Waals surface area (Å²) in [5.74, 6) is 0.282. The maximum absolute atomic E-state index is 10.7. The number of hydrogen-bond donors (Lipinski definition) is 2. The molecule has 1 heterocycles. The van der Waals surface area contributed by atoms with Gasteiger partial charge in [-0.05, 0) is 27.4 Å². The van der Waals surface area contributed by atoms with Crippen LogP contribution in [-0.4, -0.2) is 21.0 Å². The van der Waals surface area contributed by atoms with E-state index >= 15 is 0 Å². The van der Waals surface area contributed by atoms with Crippen LogP contribution in [0.1, 0.15) is 31.0 Å². The third-order valence-corrected chi connectivity index (χ3v) is 3.56. The standard InChI is InChI=1S/C14H15BrN2O2/c1-8(2)9-3-5-10(6-4-9)14-16-11(7-12(18)19)13(15)17-14/h3-6,8H,7H2,1-2H3,(H,16,17)(H,18,19). The topological polar surface area (TPSA) is 66.0 Å². The quantitative estimate of drug-likeness (QED) is 0.904. The van der Waals surface area contributed by atoms with Crippen LogP contribution in [0.15, 0.2) is 28.9 Å². The van der Waals surface area contributed by atoms with E-state index in [0.29, 0.717) is 22.0 Å². The fourth-order valence-corrected chi connectivity index (χ4v) is 2.24. The minimum absolute atomic E-state index is 0.0718. The lowest BCUT2D eigenvalue weighted by Gasteiger charge is -2.05. The lowest BCUT2D eigenvalue weighted by Crippen LogP contribution is -2.00. The highest BCUT2D eigenvalue weighted by Gasteiger charge is 2.12. The van der Waals surface area contributed by atoms with Crippen LogP contribution in [0.3, 0.4) is 0 Å². The molecule has 0 aliphatic rings. The molecule has 5 heteroatoms. The van der Waals surface area contributed by atoms with E-state index in [4.69, 9.17) is 5.11 Å². The van der Waals surface area contributed by atoms with Gasteiger partial charge in [-0.15, -0.1) is 0 Å². The Morgan fingerprint density at radius 2 is 2.00 bits per heavy atom. The van der Waals surface area contributed by atoms with Gasteiger partial charge in [-0.2, -0.15) is 0 Å². The second-order valence-electron chi connectivity index (χ2n) is 4.70. The van der Waals surface area contributed by atoms with Crippen molar-refractivity contribution in [2.75, 3.05) is 0 Å². The summed E-state index contributed by atoms with van der Waals surface area (Å²) in [5, 5.41) is 8.80. The molecule has 0 unspecified atom stereocenters. The molecule has 0 radical (unpaired) electrons. The Bertz CT molecular complexity index is 588. The number of H-pyrrole nitrogens is 1. The van der Waals surface area contributed by atoms with Crippen LogP contribution >= 0.6 is 15.9 Å². The zero-order valence-electron chi connectivity index (χ0n) is 10.8. The molecule has 1 aromatic heterocycles. The largest absolute Gasteiger partial charge is 0.481 e. The summed E-state index contributed by atoms with van der Waals surface area (Å²) < 4.78 is 0.554. The second kappa shape index (κ2) is 5.57. The summed E-state index contributed by atoms with van der Waals surface area (Å²) >= 11 is 3.27. The predicted octanol–water partition coefficient (Wildman–Crippen LogP) is 3.59. The van der Waals surface area contributed by atoms with Crippen LogP contribution in [0.4, 0.5) is 0 Å². The van der Waals surface area contributed by atoms with Gasteiger partial charge in [0.2, 0.25) is 0 Å². The van der Waals surface area contributed by atoms with Gasteiger partial charge in [0, 0.05) is 5.56 Å². The molecule has 0 bridgehead atoms. The lowest BCUT2D eigenvalue weighted by atomic mass is 10.0. The minimum Gasteiger partial charge on any atom is -0.481 e. The van der Waals surface area contributed by atoms with Gasteiger partial charge in [-0.3, -0.25) is 4.79 Å². The molecular formula is C14H15BrN2O2. The van der Waals surface area contributed by atoms with Gasteiger partial charge in [0.25, 0.3) is 0 Å². The minimum atomic E-state index is -0.883. The van der Waals surface area contributed by atoms with Crippen molar-refractivity contribution in [1.29, 1.82) is 0 Å². The molecule has 0 fully saturated rings. The number of nitrogens with one attached hydrogen (secondary N) is 1. The first-order valence-corrected chi connectivity index (χ1v) is 6.83. The number of carbonyl (C=O) groups is 1. The predicted molar refractivity (Wildman–Crippen MR) is 77.2 cm³/mol. The molecule has 0 aliphatic carbocycles. The van der Waals surface area contributed by atoms with Crippen molar-refractivity contribution in [1.82, 2.24) is 9.97 Å². The van der Waals surface area contributed by atoms with Crippen LogP contribution in [0.5, 0.6) is 0 Å². The summed E-state index contributed by atoms with van der Waals surface area (Å²) in [4.78, 5) is 18.1. The first-order chi connectivity index (χ1) is 8.97. The summed E-state index contributed by atoms with van der Waals surface area (Å²) in [7, 11) is 0. The van der Waals surface area contributed by atoms with Gasteiger partial charge < -0.3 is 10.1 Å². The van der Waals surface area contributed by atoms with E-state index in [9.17, 15) is 4.79 Å². The molecule has 1 aromatic carbocycles. The number of imidazole rings is 1. The first kappa shape index (κ1) is 13.8. The van der Waals surface area contributed by atoms with Crippen molar-refractivity contribution in [3.63, 3.8) is 0 Å². The number of carboxylic acids is 1. The molecule has 2 aromatic rings. The molecule has 2 rings (SSSR count). The van der Waals surface area contributed by atoms with Crippen molar-refractivity contribution in [3.05, 3.63) is 40.1 Å². The second-order valence-corrected chi connectivity index (χ2v) is 5.45. The molecule has 0 atom stereocenters. The average molecular weight is 323 g/mol.